The van der Waals surface area contributed by atoms with Crippen LogP contribution in [0.3, 0.4) is 0 Å². The van der Waals surface area contributed by atoms with E-state index in [0.29, 0.717) is 22.7 Å². The van der Waals surface area contributed by atoms with Crippen LogP contribution in [0.15, 0.2) is 42.5 Å². The van der Waals surface area contributed by atoms with E-state index in [2.05, 4.69) is 10.0 Å². The maximum absolute atomic E-state index is 13.0. The second kappa shape index (κ2) is 8.57. The molecule has 0 aliphatic carbocycles. The summed E-state index contributed by atoms with van der Waals surface area (Å²) in [6, 6.07) is 9.93. The van der Waals surface area contributed by atoms with Crippen molar-refractivity contribution in [3.05, 3.63) is 53.8 Å². The number of hydrogen-bond acceptors (Lipinski definition) is 5. The first-order valence-corrected chi connectivity index (χ1v) is 10.0. The number of halogens is 1. The van der Waals surface area contributed by atoms with Gasteiger partial charge in [-0.2, -0.15) is 4.72 Å². The maximum Gasteiger partial charge on any atom is 0.245 e. The van der Waals surface area contributed by atoms with Crippen LogP contribution in [0.4, 0.5) is 10.1 Å². The van der Waals surface area contributed by atoms with Crippen molar-refractivity contribution in [2.45, 2.75) is 25.1 Å². The summed E-state index contributed by atoms with van der Waals surface area (Å²) < 4.78 is 50.5. The molecule has 28 heavy (non-hydrogen) atoms. The quantitative estimate of drug-likeness (QED) is 0.698. The molecule has 0 aliphatic heterocycles. The van der Waals surface area contributed by atoms with Crippen molar-refractivity contribution in [3.63, 3.8) is 0 Å². The maximum atomic E-state index is 13.0. The number of rotatable bonds is 8. The van der Waals surface area contributed by atoms with Gasteiger partial charge < -0.3 is 14.8 Å². The van der Waals surface area contributed by atoms with E-state index >= 15 is 0 Å². The van der Waals surface area contributed by atoms with Crippen molar-refractivity contribution in [3.8, 4) is 11.5 Å². The van der Waals surface area contributed by atoms with Crippen molar-refractivity contribution in [2.24, 2.45) is 0 Å². The first-order valence-electron chi connectivity index (χ1n) is 8.36. The Morgan fingerprint density at radius 1 is 1.04 bits per heavy atom. The lowest BCUT2D eigenvalue weighted by molar-refractivity contribution is -0.120. The van der Waals surface area contributed by atoms with Crippen LogP contribution in [0, 0.1) is 5.82 Å². The summed E-state index contributed by atoms with van der Waals surface area (Å²) >= 11 is 0. The fourth-order valence-electron chi connectivity index (χ4n) is 2.47. The fourth-order valence-corrected chi connectivity index (χ4v) is 4.05. The number of anilines is 1. The van der Waals surface area contributed by atoms with Gasteiger partial charge in [0.15, 0.2) is 11.5 Å². The van der Waals surface area contributed by atoms with Crippen molar-refractivity contribution in [2.75, 3.05) is 19.5 Å². The van der Waals surface area contributed by atoms with Crippen LogP contribution in [0.5, 0.6) is 11.5 Å². The first-order chi connectivity index (χ1) is 13.1. The smallest absolute Gasteiger partial charge is 0.245 e. The van der Waals surface area contributed by atoms with Gasteiger partial charge >= 0.3 is 0 Å². The van der Waals surface area contributed by atoms with E-state index < -0.39 is 27.3 Å². The minimum absolute atomic E-state index is 0.375. The molecule has 1 amide bonds. The zero-order valence-corrected chi connectivity index (χ0v) is 16.9. The normalized spacial score (nSPS) is 11.8. The van der Waals surface area contributed by atoms with E-state index in [1.165, 1.54) is 52.3 Å². The number of nitrogens with one attached hydrogen (secondary N) is 2. The molecule has 0 heterocycles. The Bertz CT molecular complexity index is 943. The van der Waals surface area contributed by atoms with Gasteiger partial charge in [-0.3, -0.25) is 4.79 Å². The molecule has 0 spiro atoms. The molecule has 152 valence electrons. The number of sulfonamides is 1. The second-order valence-corrected chi connectivity index (χ2v) is 8.36. The summed E-state index contributed by atoms with van der Waals surface area (Å²) in [5.74, 6) is -0.457. The van der Waals surface area contributed by atoms with Gasteiger partial charge in [0.1, 0.15) is 11.4 Å². The zero-order valence-electron chi connectivity index (χ0n) is 16.1. The van der Waals surface area contributed by atoms with Crippen LogP contribution >= 0.6 is 0 Å². The standard InChI is InChI=1S/C19H23FN2O5S/c1-19(2,22-28(24,25)12-13-5-7-14(20)8-6-13)18(23)21-15-9-10-16(26-3)17(11-15)27-4/h5-11,22H,12H2,1-4H3,(H,21,23). The predicted molar refractivity (Wildman–Crippen MR) is 104 cm³/mol. The van der Waals surface area contributed by atoms with Crippen LogP contribution in [-0.2, 0) is 20.6 Å². The Hall–Kier alpha value is -2.65. The Morgan fingerprint density at radius 2 is 1.64 bits per heavy atom. The minimum atomic E-state index is -3.84. The van der Waals surface area contributed by atoms with Gasteiger partial charge in [0.05, 0.1) is 20.0 Å². The SMILES string of the molecule is COc1ccc(NC(=O)C(C)(C)NS(=O)(=O)Cc2ccc(F)cc2)cc1OC. The largest absolute Gasteiger partial charge is 0.493 e. The molecular formula is C19H23FN2O5S. The molecule has 0 saturated heterocycles. The molecular weight excluding hydrogens is 387 g/mol. The van der Waals surface area contributed by atoms with Gasteiger partial charge in [0, 0.05) is 11.8 Å². The topological polar surface area (TPSA) is 93.7 Å². The lowest BCUT2D eigenvalue weighted by Gasteiger charge is -2.25. The number of carbonyl (C=O) groups excluding carboxylic acids is 1. The molecule has 0 atom stereocenters. The van der Waals surface area contributed by atoms with E-state index in [1.807, 2.05) is 0 Å². The highest BCUT2D eigenvalue weighted by atomic mass is 32.2. The van der Waals surface area contributed by atoms with Crippen LogP contribution in [-0.4, -0.2) is 34.1 Å². The highest BCUT2D eigenvalue weighted by Gasteiger charge is 2.32. The Morgan fingerprint density at radius 3 is 2.21 bits per heavy atom. The average Bonchev–Trinajstić information content (AvgIpc) is 2.62. The van der Waals surface area contributed by atoms with E-state index in [0.717, 1.165) is 0 Å². The zero-order chi connectivity index (χ0) is 20.9. The number of benzene rings is 2. The van der Waals surface area contributed by atoms with Gasteiger partial charge in [-0.15, -0.1) is 0 Å². The molecule has 2 N–H and O–H groups in total. The molecule has 2 aromatic rings. The Kier molecular flexibility index (Phi) is 6.63. The van der Waals surface area contributed by atoms with Gasteiger partial charge in [-0.1, -0.05) is 12.1 Å². The van der Waals surface area contributed by atoms with Crippen LogP contribution in [0.25, 0.3) is 0 Å². The molecule has 0 fully saturated rings. The molecule has 9 heteroatoms. The molecule has 0 aliphatic rings. The lowest BCUT2D eigenvalue weighted by Crippen LogP contribution is -2.52. The number of methoxy groups -OCH3 is 2. The minimum Gasteiger partial charge on any atom is -0.493 e. The predicted octanol–water partition coefficient (Wildman–Crippen LogP) is 2.68. The van der Waals surface area contributed by atoms with Gasteiger partial charge in [0.2, 0.25) is 15.9 Å². The van der Waals surface area contributed by atoms with Crippen LogP contribution in [0.2, 0.25) is 0 Å². The lowest BCUT2D eigenvalue weighted by atomic mass is 10.1. The summed E-state index contributed by atoms with van der Waals surface area (Å²) in [7, 11) is -0.880. The summed E-state index contributed by atoms with van der Waals surface area (Å²) in [5.41, 5.74) is -0.593. The molecule has 0 saturated carbocycles. The van der Waals surface area contributed by atoms with Crippen LogP contribution < -0.4 is 19.5 Å². The second-order valence-electron chi connectivity index (χ2n) is 6.64. The molecule has 0 radical (unpaired) electrons. The molecule has 0 aromatic heterocycles. The number of amides is 1. The van der Waals surface area contributed by atoms with Crippen molar-refractivity contribution < 1.29 is 27.1 Å². The molecule has 0 unspecified atom stereocenters. The Balaban J connectivity index is 2.10. The first kappa shape index (κ1) is 21.6. The van der Waals surface area contributed by atoms with Gasteiger partial charge in [0.25, 0.3) is 0 Å². The molecule has 0 bridgehead atoms. The fraction of sp³-hybridized carbons (Fsp3) is 0.316. The van der Waals surface area contributed by atoms with Gasteiger partial charge in [-0.05, 0) is 43.7 Å². The third kappa shape index (κ3) is 5.67. The molecule has 2 rings (SSSR count). The highest BCUT2D eigenvalue weighted by molar-refractivity contribution is 7.88. The summed E-state index contributed by atoms with van der Waals surface area (Å²) in [5, 5.41) is 2.65. The number of hydrogen-bond donors (Lipinski definition) is 2. The van der Waals surface area contributed by atoms with E-state index in [9.17, 15) is 17.6 Å². The summed E-state index contributed by atoms with van der Waals surface area (Å²) in [6.07, 6.45) is 0. The monoisotopic (exact) mass is 410 g/mol. The molecule has 7 nitrogen and oxygen atoms in total. The average molecular weight is 410 g/mol. The third-order valence-corrected chi connectivity index (χ3v) is 5.42. The Labute approximate surface area is 163 Å². The van der Waals surface area contributed by atoms with Gasteiger partial charge in [-0.25, -0.2) is 12.8 Å². The van der Waals surface area contributed by atoms with Crippen molar-refractivity contribution in [1.82, 2.24) is 4.72 Å². The summed E-state index contributed by atoms with van der Waals surface area (Å²) in [4.78, 5) is 12.6. The van der Waals surface area contributed by atoms with Crippen LogP contribution in [0.1, 0.15) is 19.4 Å². The van der Waals surface area contributed by atoms with E-state index in [4.69, 9.17) is 9.47 Å². The van der Waals surface area contributed by atoms with Crippen molar-refractivity contribution in [1.29, 1.82) is 0 Å². The van der Waals surface area contributed by atoms with E-state index in [1.54, 1.807) is 18.2 Å². The van der Waals surface area contributed by atoms with E-state index in [-0.39, 0.29) is 5.75 Å². The number of ether oxygens (including phenoxy) is 2. The summed E-state index contributed by atoms with van der Waals surface area (Å²) in [6.45, 7) is 2.90. The highest BCUT2D eigenvalue weighted by Crippen LogP contribution is 2.30. The number of carbonyl (C=O) groups is 1. The van der Waals surface area contributed by atoms with Crippen molar-refractivity contribution >= 4 is 21.6 Å². The third-order valence-electron chi connectivity index (χ3n) is 3.89. The molecule has 2 aromatic carbocycles.